The number of carboxylic acid groups (broad SMARTS) is 2. The summed E-state index contributed by atoms with van der Waals surface area (Å²) in [6.07, 6.45) is 8.79. The van der Waals surface area contributed by atoms with Gasteiger partial charge in [-0.15, -0.1) is 0 Å². The van der Waals surface area contributed by atoms with Crippen LogP contribution in [0.5, 0.6) is 0 Å². The fourth-order valence-electron chi connectivity index (χ4n) is 5.02. The standard InChI is InChI=1S/C34H38O8/c1-33(2,31(39)40)15-9-7-11-21-17-23(35)19-27(29(21)37)25-13-5-6-14-26(25)28-20-24(36)18-22(30(28)38)12-8-10-16-34(3,4)32(41)42/h5-6,13-14,17-20H,7-12,15-16H2,1-4H3,(H,39,40)(H,41,42). The molecule has 42 heavy (non-hydrogen) atoms. The number of Topliss-reactive ketones (excluding diaryl/α,β-unsaturated/α-hetero) is 2. The Morgan fingerprint density at radius 1 is 0.595 bits per heavy atom. The summed E-state index contributed by atoms with van der Waals surface area (Å²) in [7, 11) is 0. The third kappa shape index (κ3) is 7.75. The molecule has 8 nitrogen and oxygen atoms in total. The van der Waals surface area contributed by atoms with Gasteiger partial charge in [-0.05, 0) is 102 Å². The van der Waals surface area contributed by atoms with Crippen molar-refractivity contribution in [3.8, 4) is 0 Å². The number of carbonyl (C=O) groups is 6. The summed E-state index contributed by atoms with van der Waals surface area (Å²) in [4.78, 5) is 75.0. The molecule has 0 radical (unpaired) electrons. The summed E-state index contributed by atoms with van der Waals surface area (Å²) >= 11 is 0. The van der Waals surface area contributed by atoms with Gasteiger partial charge in [0.1, 0.15) is 0 Å². The molecule has 0 aliphatic heterocycles. The Morgan fingerprint density at radius 2 is 0.952 bits per heavy atom. The quantitative estimate of drug-likeness (QED) is 0.205. The van der Waals surface area contributed by atoms with E-state index in [1.807, 2.05) is 0 Å². The van der Waals surface area contributed by atoms with Gasteiger partial charge in [0.15, 0.2) is 23.1 Å². The molecule has 8 heteroatoms. The molecule has 0 aromatic heterocycles. The van der Waals surface area contributed by atoms with E-state index in [1.165, 1.54) is 24.3 Å². The van der Waals surface area contributed by atoms with Gasteiger partial charge in [0.2, 0.25) is 0 Å². The molecule has 2 aliphatic carbocycles. The number of carboxylic acids is 2. The number of allylic oxidation sites excluding steroid dienone is 8. The SMILES string of the molecule is CC(C)(CCCCC1=CC(=O)C=C(c2ccccc2C2=CC(=O)C=C(CCCCC(C)(C)C(=O)O)C2=O)C1=O)C(=O)O. The summed E-state index contributed by atoms with van der Waals surface area (Å²) in [6, 6.07) is 6.69. The summed E-state index contributed by atoms with van der Waals surface area (Å²) in [5, 5.41) is 18.6. The zero-order valence-electron chi connectivity index (χ0n) is 24.6. The molecular weight excluding hydrogens is 536 g/mol. The van der Waals surface area contributed by atoms with Crippen LogP contribution in [0.25, 0.3) is 11.1 Å². The highest BCUT2D eigenvalue weighted by Crippen LogP contribution is 2.35. The first-order valence-electron chi connectivity index (χ1n) is 14.2. The van der Waals surface area contributed by atoms with Crippen molar-refractivity contribution >= 4 is 46.2 Å². The third-order valence-corrected chi connectivity index (χ3v) is 7.94. The number of unbranched alkanes of at least 4 members (excludes halogenated alkanes) is 2. The second kappa shape index (κ2) is 13.2. The number of aliphatic carboxylic acids is 2. The van der Waals surface area contributed by atoms with E-state index in [2.05, 4.69) is 0 Å². The van der Waals surface area contributed by atoms with Gasteiger partial charge < -0.3 is 10.2 Å². The Kier molecular flexibility index (Phi) is 10.1. The highest BCUT2D eigenvalue weighted by Gasteiger charge is 2.31. The molecule has 0 saturated heterocycles. The average molecular weight is 575 g/mol. The molecule has 0 heterocycles. The molecule has 2 N–H and O–H groups in total. The van der Waals surface area contributed by atoms with E-state index < -0.39 is 22.8 Å². The van der Waals surface area contributed by atoms with Crippen LogP contribution in [0.2, 0.25) is 0 Å². The second-order valence-electron chi connectivity index (χ2n) is 12.3. The van der Waals surface area contributed by atoms with E-state index in [0.717, 1.165) is 0 Å². The Bertz CT molecular complexity index is 1340. The number of ketones is 4. The van der Waals surface area contributed by atoms with E-state index in [0.29, 0.717) is 73.6 Å². The van der Waals surface area contributed by atoms with Gasteiger partial charge in [0, 0.05) is 22.3 Å². The topological polar surface area (TPSA) is 143 Å². The van der Waals surface area contributed by atoms with Gasteiger partial charge in [-0.3, -0.25) is 28.8 Å². The third-order valence-electron chi connectivity index (χ3n) is 7.94. The summed E-state index contributed by atoms with van der Waals surface area (Å²) in [5.74, 6) is -3.18. The van der Waals surface area contributed by atoms with Crippen LogP contribution in [0.4, 0.5) is 0 Å². The fourth-order valence-corrected chi connectivity index (χ4v) is 5.02. The number of hydrogen-bond acceptors (Lipinski definition) is 6. The monoisotopic (exact) mass is 574 g/mol. The molecule has 0 unspecified atom stereocenters. The normalized spacial score (nSPS) is 16.1. The summed E-state index contributed by atoms with van der Waals surface area (Å²) in [6.45, 7) is 6.59. The van der Waals surface area contributed by atoms with Crippen molar-refractivity contribution in [1.82, 2.24) is 0 Å². The van der Waals surface area contributed by atoms with Crippen LogP contribution in [0, 0.1) is 10.8 Å². The van der Waals surface area contributed by atoms with Gasteiger partial charge in [-0.25, -0.2) is 0 Å². The largest absolute Gasteiger partial charge is 0.481 e. The molecule has 3 rings (SSSR count). The number of rotatable bonds is 14. The maximum absolute atomic E-state index is 13.5. The Labute approximate surface area is 245 Å². The second-order valence-corrected chi connectivity index (χ2v) is 12.3. The number of hydrogen-bond donors (Lipinski definition) is 2. The van der Waals surface area contributed by atoms with Crippen LogP contribution >= 0.6 is 0 Å². The lowest BCUT2D eigenvalue weighted by molar-refractivity contribution is -0.148. The Morgan fingerprint density at radius 3 is 1.29 bits per heavy atom. The highest BCUT2D eigenvalue weighted by molar-refractivity contribution is 6.40. The number of carbonyl (C=O) groups excluding carboxylic acids is 4. The van der Waals surface area contributed by atoms with Crippen molar-refractivity contribution in [3.05, 3.63) is 70.8 Å². The van der Waals surface area contributed by atoms with Crippen LogP contribution < -0.4 is 0 Å². The van der Waals surface area contributed by atoms with Crippen LogP contribution in [-0.2, 0) is 28.8 Å². The summed E-state index contributed by atoms with van der Waals surface area (Å²) < 4.78 is 0. The Hall–Kier alpha value is -4.20. The fraction of sp³-hybridized carbons (Fsp3) is 0.412. The maximum atomic E-state index is 13.5. The van der Waals surface area contributed by atoms with E-state index in [1.54, 1.807) is 52.0 Å². The van der Waals surface area contributed by atoms with E-state index in [-0.39, 0.29) is 34.3 Å². The molecular formula is C34H38O8. The van der Waals surface area contributed by atoms with E-state index >= 15 is 0 Å². The van der Waals surface area contributed by atoms with Crippen molar-refractivity contribution in [2.24, 2.45) is 10.8 Å². The minimum absolute atomic E-state index is 0.145. The van der Waals surface area contributed by atoms with Gasteiger partial charge in [0.25, 0.3) is 0 Å². The van der Waals surface area contributed by atoms with Crippen molar-refractivity contribution in [3.63, 3.8) is 0 Å². The molecule has 0 spiro atoms. The molecule has 0 fully saturated rings. The molecule has 0 atom stereocenters. The van der Waals surface area contributed by atoms with Crippen LogP contribution in [0.3, 0.4) is 0 Å². The first kappa shape index (κ1) is 32.3. The van der Waals surface area contributed by atoms with E-state index in [9.17, 15) is 39.0 Å². The van der Waals surface area contributed by atoms with Crippen LogP contribution in [-0.4, -0.2) is 45.3 Å². The van der Waals surface area contributed by atoms with Gasteiger partial charge in [0.05, 0.1) is 10.8 Å². The number of benzene rings is 1. The van der Waals surface area contributed by atoms with Gasteiger partial charge in [-0.2, -0.15) is 0 Å². The van der Waals surface area contributed by atoms with Crippen LogP contribution in [0.1, 0.15) is 90.2 Å². The maximum Gasteiger partial charge on any atom is 0.309 e. The molecule has 1 aromatic rings. The lowest BCUT2D eigenvalue weighted by Crippen LogP contribution is -2.23. The predicted octanol–water partition coefficient (Wildman–Crippen LogP) is 5.95. The minimum atomic E-state index is -0.891. The molecule has 222 valence electrons. The zero-order chi connectivity index (χ0) is 31.2. The van der Waals surface area contributed by atoms with Crippen molar-refractivity contribution < 1.29 is 39.0 Å². The minimum Gasteiger partial charge on any atom is -0.481 e. The zero-order valence-corrected chi connectivity index (χ0v) is 24.6. The Balaban J connectivity index is 1.76. The smallest absolute Gasteiger partial charge is 0.309 e. The average Bonchev–Trinajstić information content (AvgIpc) is 2.92. The van der Waals surface area contributed by atoms with Gasteiger partial charge in [-0.1, -0.05) is 37.1 Å². The van der Waals surface area contributed by atoms with Crippen molar-refractivity contribution in [2.45, 2.75) is 79.1 Å². The summed E-state index contributed by atoms with van der Waals surface area (Å²) in [5.41, 5.74) is -0.0686. The lowest BCUT2D eigenvalue weighted by Gasteiger charge is -2.21. The molecule has 1 aromatic carbocycles. The first-order chi connectivity index (χ1) is 19.6. The van der Waals surface area contributed by atoms with E-state index in [4.69, 9.17) is 0 Å². The van der Waals surface area contributed by atoms with Gasteiger partial charge >= 0.3 is 11.9 Å². The van der Waals surface area contributed by atoms with Crippen molar-refractivity contribution in [2.75, 3.05) is 0 Å². The van der Waals surface area contributed by atoms with Crippen LogP contribution in [0.15, 0.2) is 59.7 Å². The lowest BCUT2D eigenvalue weighted by atomic mass is 9.81. The molecule has 0 bridgehead atoms. The van der Waals surface area contributed by atoms with Crippen molar-refractivity contribution in [1.29, 1.82) is 0 Å². The molecule has 0 saturated carbocycles. The first-order valence-corrected chi connectivity index (χ1v) is 14.2. The molecule has 0 amide bonds. The highest BCUT2D eigenvalue weighted by atomic mass is 16.4. The predicted molar refractivity (Wildman–Crippen MR) is 158 cm³/mol. The molecule has 2 aliphatic rings.